The Balaban J connectivity index is 1.74. The Labute approximate surface area is 219 Å². The van der Waals surface area contributed by atoms with E-state index in [1.807, 2.05) is 80.5 Å². The maximum absolute atomic E-state index is 14.3. The van der Waals surface area contributed by atoms with E-state index in [9.17, 15) is 10.1 Å². The summed E-state index contributed by atoms with van der Waals surface area (Å²) in [4.78, 5) is 33.6. The van der Waals surface area contributed by atoms with Crippen molar-refractivity contribution in [2.24, 2.45) is 0 Å². The second kappa shape index (κ2) is 9.99. The summed E-state index contributed by atoms with van der Waals surface area (Å²) in [6.07, 6.45) is 4.88. The number of nitrogens with two attached hydrogens (primary N) is 1. The normalized spacial score (nSPS) is 11.6. The van der Waals surface area contributed by atoms with Crippen LogP contribution in [0.25, 0.3) is 27.7 Å². The molecule has 0 amide bonds. The third kappa shape index (κ3) is 4.49. The molecule has 0 unspecified atom stereocenters. The highest BCUT2D eigenvalue weighted by atomic mass is 16.1. The molecule has 0 bridgehead atoms. The van der Waals surface area contributed by atoms with Crippen LogP contribution in [-0.2, 0) is 0 Å². The first-order valence-electron chi connectivity index (χ1n) is 11.9. The Bertz CT molecular complexity index is 1740. The summed E-state index contributed by atoms with van der Waals surface area (Å²) < 4.78 is 1.59. The second-order valence-electron chi connectivity index (χ2n) is 8.94. The van der Waals surface area contributed by atoms with Crippen LogP contribution >= 0.6 is 0 Å². The van der Waals surface area contributed by atoms with Crippen molar-refractivity contribution in [3.8, 4) is 22.9 Å². The summed E-state index contributed by atoms with van der Waals surface area (Å²) in [5.41, 5.74) is 9.45. The van der Waals surface area contributed by atoms with Gasteiger partial charge in [0.15, 0.2) is 0 Å². The minimum absolute atomic E-state index is 0.0313. The first-order valence-corrected chi connectivity index (χ1v) is 11.9. The van der Waals surface area contributed by atoms with Gasteiger partial charge in [0.25, 0.3) is 5.56 Å². The molecular weight excluding hydrogens is 478 g/mol. The van der Waals surface area contributed by atoms with E-state index < -0.39 is 6.04 Å². The predicted octanol–water partition coefficient (Wildman–Crippen LogP) is 3.93. The number of pyridine rings is 1. The summed E-state index contributed by atoms with van der Waals surface area (Å²) in [6.45, 7) is 1.85. The van der Waals surface area contributed by atoms with Crippen molar-refractivity contribution in [2.45, 2.75) is 13.0 Å². The Morgan fingerprint density at radius 2 is 1.84 bits per heavy atom. The lowest BCUT2D eigenvalue weighted by atomic mass is 10.0. The third-order valence-electron chi connectivity index (χ3n) is 6.16. The van der Waals surface area contributed by atoms with Gasteiger partial charge in [-0.25, -0.2) is 9.97 Å². The fourth-order valence-corrected chi connectivity index (χ4v) is 4.28. The van der Waals surface area contributed by atoms with Crippen molar-refractivity contribution >= 4 is 28.4 Å². The van der Waals surface area contributed by atoms with Crippen molar-refractivity contribution in [2.75, 3.05) is 30.0 Å². The highest BCUT2D eigenvalue weighted by Crippen LogP contribution is 2.30. The van der Waals surface area contributed by atoms with Gasteiger partial charge in [-0.15, -0.1) is 0 Å². The zero-order valence-electron chi connectivity index (χ0n) is 21.1. The lowest BCUT2D eigenvalue weighted by Gasteiger charge is -2.21. The zero-order chi connectivity index (χ0) is 26.8. The van der Waals surface area contributed by atoms with Crippen LogP contribution in [0.3, 0.4) is 0 Å². The first-order chi connectivity index (χ1) is 18.4. The molecule has 188 valence electrons. The van der Waals surface area contributed by atoms with Crippen molar-refractivity contribution in [1.29, 1.82) is 5.26 Å². The summed E-state index contributed by atoms with van der Waals surface area (Å²) in [6, 6.07) is 18.5. The molecule has 0 aliphatic carbocycles. The first kappa shape index (κ1) is 24.4. The molecule has 10 heteroatoms. The Hall–Kier alpha value is -5.30. The molecule has 5 rings (SSSR count). The maximum Gasteiger partial charge on any atom is 0.266 e. The molecule has 3 N–H and O–H groups in total. The predicted molar refractivity (Wildman–Crippen MR) is 148 cm³/mol. The topological polar surface area (TPSA) is 139 Å². The van der Waals surface area contributed by atoms with Crippen LogP contribution in [0.1, 0.15) is 24.4 Å². The number of nitrogen functional groups attached to an aromatic ring is 1. The van der Waals surface area contributed by atoms with Crippen molar-refractivity contribution < 1.29 is 0 Å². The van der Waals surface area contributed by atoms with Crippen molar-refractivity contribution in [3.05, 3.63) is 94.9 Å². The van der Waals surface area contributed by atoms with Crippen LogP contribution in [0.15, 0.2) is 78.0 Å². The molecule has 0 radical (unpaired) electrons. The second-order valence-corrected chi connectivity index (χ2v) is 8.94. The number of nitrogens with zero attached hydrogens (tertiary/aromatic N) is 7. The smallest absolute Gasteiger partial charge is 0.266 e. The van der Waals surface area contributed by atoms with Gasteiger partial charge in [-0.3, -0.25) is 14.3 Å². The summed E-state index contributed by atoms with van der Waals surface area (Å²) in [5, 5.41) is 13.2. The number of benzene rings is 2. The van der Waals surface area contributed by atoms with E-state index in [-0.39, 0.29) is 22.9 Å². The average Bonchev–Trinajstić information content (AvgIpc) is 2.93. The van der Waals surface area contributed by atoms with E-state index in [4.69, 9.17) is 10.7 Å². The summed E-state index contributed by atoms with van der Waals surface area (Å²) in [7, 11) is 3.88. The molecule has 38 heavy (non-hydrogen) atoms. The fraction of sp³-hybridized carbons (Fsp3) is 0.143. The quantitative estimate of drug-likeness (QED) is 0.353. The van der Waals surface area contributed by atoms with Crippen LogP contribution in [0.2, 0.25) is 0 Å². The molecule has 0 spiro atoms. The molecule has 0 aliphatic heterocycles. The molecule has 0 saturated heterocycles. The van der Waals surface area contributed by atoms with Gasteiger partial charge < -0.3 is 16.0 Å². The number of rotatable bonds is 6. The number of fused-ring (bicyclic) bond motifs is 1. The van der Waals surface area contributed by atoms with E-state index in [2.05, 4.69) is 26.3 Å². The van der Waals surface area contributed by atoms with E-state index >= 15 is 0 Å². The van der Waals surface area contributed by atoms with Crippen LogP contribution in [-0.4, -0.2) is 38.6 Å². The molecule has 1 atom stereocenters. The van der Waals surface area contributed by atoms with Gasteiger partial charge in [0, 0.05) is 25.9 Å². The highest BCUT2D eigenvalue weighted by Gasteiger charge is 2.21. The largest absolute Gasteiger partial charge is 0.376 e. The van der Waals surface area contributed by atoms with Gasteiger partial charge in [0.2, 0.25) is 5.95 Å². The molecule has 3 aromatic heterocycles. The number of aromatic nitrogens is 5. The monoisotopic (exact) mass is 503 g/mol. The van der Waals surface area contributed by atoms with Gasteiger partial charge in [-0.1, -0.05) is 30.3 Å². The van der Waals surface area contributed by atoms with E-state index in [1.54, 1.807) is 17.0 Å². The molecule has 3 heterocycles. The zero-order valence-corrected chi connectivity index (χ0v) is 21.1. The van der Waals surface area contributed by atoms with Crippen LogP contribution in [0, 0.1) is 11.3 Å². The number of para-hydroxylation sites is 1. The minimum Gasteiger partial charge on any atom is -0.376 e. The molecule has 0 aliphatic rings. The number of hydrogen-bond acceptors (Lipinski definition) is 9. The highest BCUT2D eigenvalue weighted by molar-refractivity contribution is 5.94. The van der Waals surface area contributed by atoms with Crippen molar-refractivity contribution in [3.63, 3.8) is 0 Å². The van der Waals surface area contributed by atoms with Crippen LogP contribution in [0.4, 0.5) is 17.5 Å². The number of anilines is 3. The minimum atomic E-state index is -0.518. The lowest BCUT2D eigenvalue weighted by Crippen LogP contribution is -2.28. The molecule has 5 aromatic rings. The molecule has 0 saturated carbocycles. The van der Waals surface area contributed by atoms with Gasteiger partial charge >= 0.3 is 0 Å². The average molecular weight is 504 g/mol. The molecule has 10 nitrogen and oxygen atoms in total. The van der Waals surface area contributed by atoms with E-state index in [1.165, 1.54) is 6.20 Å². The van der Waals surface area contributed by atoms with Crippen LogP contribution in [0.5, 0.6) is 0 Å². The van der Waals surface area contributed by atoms with Gasteiger partial charge in [-0.05, 0) is 36.8 Å². The number of nitrogens with one attached hydrogen (secondary N) is 1. The Morgan fingerprint density at radius 1 is 1.05 bits per heavy atom. The maximum atomic E-state index is 14.3. The molecular formula is C28H25N9O. The van der Waals surface area contributed by atoms with Gasteiger partial charge in [0.05, 0.1) is 40.7 Å². The van der Waals surface area contributed by atoms with Gasteiger partial charge in [-0.2, -0.15) is 10.2 Å². The lowest BCUT2D eigenvalue weighted by molar-refractivity contribution is 0.731. The fourth-order valence-electron chi connectivity index (χ4n) is 4.28. The molecule has 2 aromatic carbocycles. The number of nitriles is 1. The van der Waals surface area contributed by atoms with Crippen LogP contribution < -0.4 is 21.5 Å². The summed E-state index contributed by atoms with van der Waals surface area (Å²) in [5.74, 6) is 0.748. The van der Waals surface area contributed by atoms with Gasteiger partial charge in [0.1, 0.15) is 23.3 Å². The summed E-state index contributed by atoms with van der Waals surface area (Å²) >= 11 is 0. The van der Waals surface area contributed by atoms with E-state index in [0.29, 0.717) is 22.4 Å². The molecule has 0 fully saturated rings. The van der Waals surface area contributed by atoms with Crippen molar-refractivity contribution in [1.82, 2.24) is 24.5 Å². The standard InChI is InChI=1S/C28H25N9O/c1-17(33-25-19(13-29)15-32-28(30)35-25)26-34-23-11-7-10-22(18-12-21(36(2)3)16-31-14-18)24(23)27(38)37(26)20-8-5-4-6-9-20/h4-12,14-17H,1-3H3,(H3,30,32,33,35)/t17-/m1/s1. The SMILES string of the molecule is C[C@@H](Nc1nc(N)ncc1C#N)c1nc2cccc(-c3cncc(N(C)C)c3)c2c(=O)n1-c1ccccc1. The third-order valence-corrected chi connectivity index (χ3v) is 6.16. The van der Waals surface area contributed by atoms with E-state index in [0.717, 1.165) is 16.8 Å². The Morgan fingerprint density at radius 3 is 2.58 bits per heavy atom. The number of hydrogen-bond donors (Lipinski definition) is 2. The Kier molecular flexibility index (Phi) is 6.41.